The van der Waals surface area contributed by atoms with Gasteiger partial charge in [-0.15, -0.1) is 0 Å². The Balaban J connectivity index is 1.32. The number of hydrogen-bond donors (Lipinski definition) is 1. The van der Waals surface area contributed by atoms with Crippen LogP contribution in [0.5, 0.6) is 0 Å². The summed E-state index contributed by atoms with van der Waals surface area (Å²) in [6.07, 6.45) is 3.92. The Morgan fingerprint density at radius 3 is 2.24 bits per heavy atom. The van der Waals surface area contributed by atoms with Crippen LogP contribution in [0.3, 0.4) is 0 Å². The van der Waals surface area contributed by atoms with Crippen molar-refractivity contribution in [2.45, 2.75) is 44.9 Å². The van der Waals surface area contributed by atoms with Gasteiger partial charge in [-0.1, -0.05) is 60.7 Å². The van der Waals surface area contributed by atoms with Crippen molar-refractivity contribution in [1.29, 1.82) is 0 Å². The maximum atomic E-state index is 13.0. The first-order valence-corrected chi connectivity index (χ1v) is 12.2. The highest BCUT2D eigenvalue weighted by Crippen LogP contribution is 2.29. The molecule has 0 saturated carbocycles. The minimum absolute atomic E-state index is 0.0573. The Bertz CT molecular complexity index is 1090. The molecule has 4 rings (SSSR count). The summed E-state index contributed by atoms with van der Waals surface area (Å²) in [6.45, 7) is 3.99. The molecule has 1 aromatic heterocycles. The quantitative estimate of drug-likeness (QED) is 0.501. The molecule has 0 unspecified atom stereocenters. The van der Waals surface area contributed by atoms with Crippen LogP contribution in [0.2, 0.25) is 0 Å². The van der Waals surface area contributed by atoms with Gasteiger partial charge in [-0.3, -0.25) is 14.6 Å². The first-order chi connectivity index (χ1) is 16.6. The van der Waals surface area contributed by atoms with Gasteiger partial charge in [0.05, 0.1) is 17.7 Å². The maximum absolute atomic E-state index is 13.0. The predicted molar refractivity (Wildman–Crippen MR) is 135 cm³/mol. The third-order valence-electron chi connectivity index (χ3n) is 6.51. The molecule has 0 radical (unpaired) electrons. The van der Waals surface area contributed by atoms with Crippen LogP contribution in [0, 0.1) is 6.92 Å². The van der Waals surface area contributed by atoms with E-state index in [2.05, 4.69) is 17.4 Å². The van der Waals surface area contributed by atoms with Crippen LogP contribution in [-0.4, -0.2) is 41.3 Å². The Kier molecular flexibility index (Phi) is 8.08. The second-order valence-corrected chi connectivity index (χ2v) is 9.05. The lowest BCUT2D eigenvalue weighted by Gasteiger charge is -2.32. The molecule has 176 valence electrons. The second kappa shape index (κ2) is 11.6. The molecule has 1 saturated heterocycles. The number of likely N-dealkylation sites (tertiary alicyclic amines) is 1. The van der Waals surface area contributed by atoms with Crippen LogP contribution in [0.15, 0.2) is 72.8 Å². The van der Waals surface area contributed by atoms with Gasteiger partial charge in [-0.2, -0.15) is 0 Å². The lowest BCUT2D eigenvalue weighted by Crippen LogP contribution is -2.39. The van der Waals surface area contributed by atoms with E-state index >= 15 is 0 Å². The molecule has 1 fully saturated rings. The number of rotatable bonds is 8. The highest BCUT2D eigenvalue weighted by atomic mass is 16.2. The van der Waals surface area contributed by atoms with E-state index in [0.29, 0.717) is 31.6 Å². The minimum atomic E-state index is -0.0573. The van der Waals surface area contributed by atoms with Crippen molar-refractivity contribution in [2.24, 2.45) is 0 Å². The number of carbonyl (C=O) groups excluding carboxylic acids is 2. The van der Waals surface area contributed by atoms with E-state index in [-0.39, 0.29) is 17.7 Å². The SMILES string of the molecule is Cc1ccc(C(=O)NCCCc2ccccc2)c(C2CCN(C(=O)Cc3ccccc3)CC2)n1. The van der Waals surface area contributed by atoms with Gasteiger partial charge in [0, 0.05) is 31.2 Å². The molecular weight excluding hydrogens is 422 g/mol. The summed E-state index contributed by atoms with van der Waals surface area (Å²) in [4.78, 5) is 32.4. The molecule has 0 atom stereocenters. The molecule has 1 N–H and O–H groups in total. The Labute approximate surface area is 202 Å². The van der Waals surface area contributed by atoms with Crippen molar-refractivity contribution in [3.63, 3.8) is 0 Å². The molecule has 3 aromatic rings. The number of amides is 2. The van der Waals surface area contributed by atoms with E-state index < -0.39 is 0 Å². The average Bonchev–Trinajstić information content (AvgIpc) is 2.88. The Hall–Kier alpha value is -3.47. The van der Waals surface area contributed by atoms with Crippen molar-refractivity contribution in [2.75, 3.05) is 19.6 Å². The Morgan fingerprint density at radius 1 is 0.912 bits per heavy atom. The van der Waals surface area contributed by atoms with Crippen LogP contribution < -0.4 is 5.32 Å². The summed E-state index contributed by atoms with van der Waals surface area (Å²) in [5, 5.41) is 3.08. The Morgan fingerprint density at radius 2 is 1.56 bits per heavy atom. The number of nitrogens with zero attached hydrogens (tertiary/aromatic N) is 2. The predicted octanol–water partition coefficient (Wildman–Crippen LogP) is 4.70. The number of carbonyl (C=O) groups is 2. The van der Waals surface area contributed by atoms with Gasteiger partial charge < -0.3 is 10.2 Å². The number of pyridine rings is 1. The zero-order valence-corrected chi connectivity index (χ0v) is 19.9. The van der Waals surface area contributed by atoms with Crippen LogP contribution in [-0.2, 0) is 17.6 Å². The summed E-state index contributed by atoms with van der Waals surface area (Å²) >= 11 is 0. The third kappa shape index (κ3) is 6.31. The number of aromatic nitrogens is 1. The van der Waals surface area contributed by atoms with Crippen LogP contribution in [0.25, 0.3) is 0 Å². The average molecular weight is 456 g/mol. The molecule has 0 aliphatic carbocycles. The molecule has 2 heterocycles. The van der Waals surface area contributed by atoms with E-state index in [9.17, 15) is 9.59 Å². The van der Waals surface area contributed by atoms with Gasteiger partial charge in [-0.05, 0) is 55.9 Å². The number of aryl methyl sites for hydroxylation is 2. The topological polar surface area (TPSA) is 62.3 Å². The van der Waals surface area contributed by atoms with E-state index in [1.165, 1.54) is 5.56 Å². The number of benzene rings is 2. The molecule has 0 spiro atoms. The highest BCUT2D eigenvalue weighted by molar-refractivity contribution is 5.95. The van der Waals surface area contributed by atoms with Crippen molar-refractivity contribution in [1.82, 2.24) is 15.2 Å². The lowest BCUT2D eigenvalue weighted by atomic mass is 9.89. The van der Waals surface area contributed by atoms with Crippen LogP contribution >= 0.6 is 0 Å². The van der Waals surface area contributed by atoms with Crippen molar-refractivity contribution < 1.29 is 9.59 Å². The van der Waals surface area contributed by atoms with E-state index in [0.717, 1.165) is 42.6 Å². The zero-order valence-electron chi connectivity index (χ0n) is 19.9. The maximum Gasteiger partial charge on any atom is 0.253 e. The molecule has 5 heteroatoms. The third-order valence-corrected chi connectivity index (χ3v) is 6.51. The fourth-order valence-corrected chi connectivity index (χ4v) is 4.60. The molecule has 34 heavy (non-hydrogen) atoms. The number of nitrogens with one attached hydrogen (secondary N) is 1. The molecule has 2 aromatic carbocycles. The minimum Gasteiger partial charge on any atom is -0.352 e. The number of hydrogen-bond acceptors (Lipinski definition) is 3. The molecule has 2 amide bonds. The smallest absolute Gasteiger partial charge is 0.253 e. The standard InChI is InChI=1S/C29H33N3O2/c1-22-14-15-26(29(34)30-18-8-13-23-9-4-2-5-10-23)28(31-22)25-16-19-32(20-17-25)27(33)21-24-11-6-3-7-12-24/h2-7,9-12,14-15,25H,8,13,16-21H2,1H3,(H,30,34). The molecule has 1 aliphatic rings. The van der Waals surface area contributed by atoms with Crippen molar-refractivity contribution in [3.8, 4) is 0 Å². The first kappa shape index (κ1) is 23.7. The number of piperidine rings is 1. The first-order valence-electron chi connectivity index (χ1n) is 12.2. The van der Waals surface area contributed by atoms with Crippen molar-refractivity contribution >= 4 is 11.8 Å². The summed E-state index contributed by atoms with van der Waals surface area (Å²) in [5.74, 6) is 0.294. The molecule has 1 aliphatic heterocycles. The summed E-state index contributed by atoms with van der Waals surface area (Å²) < 4.78 is 0. The van der Waals surface area contributed by atoms with Crippen LogP contribution in [0.4, 0.5) is 0 Å². The van der Waals surface area contributed by atoms with Gasteiger partial charge in [-0.25, -0.2) is 0 Å². The fraction of sp³-hybridized carbons (Fsp3) is 0.345. The van der Waals surface area contributed by atoms with Crippen LogP contribution in [0.1, 0.15) is 58.1 Å². The van der Waals surface area contributed by atoms with Gasteiger partial charge >= 0.3 is 0 Å². The molecule has 0 bridgehead atoms. The van der Waals surface area contributed by atoms with Gasteiger partial charge in [0.1, 0.15) is 0 Å². The lowest BCUT2D eigenvalue weighted by molar-refractivity contribution is -0.131. The molecular formula is C29H33N3O2. The summed E-state index contributed by atoms with van der Waals surface area (Å²) in [7, 11) is 0. The van der Waals surface area contributed by atoms with Gasteiger partial charge in [0.2, 0.25) is 5.91 Å². The van der Waals surface area contributed by atoms with E-state index in [1.807, 2.05) is 72.5 Å². The highest BCUT2D eigenvalue weighted by Gasteiger charge is 2.27. The van der Waals surface area contributed by atoms with Crippen molar-refractivity contribution in [3.05, 3.63) is 101 Å². The zero-order chi connectivity index (χ0) is 23.8. The summed E-state index contributed by atoms with van der Waals surface area (Å²) in [5.41, 5.74) is 4.78. The molecule has 5 nitrogen and oxygen atoms in total. The summed E-state index contributed by atoms with van der Waals surface area (Å²) in [6, 6.07) is 24.0. The monoisotopic (exact) mass is 455 g/mol. The largest absolute Gasteiger partial charge is 0.352 e. The van der Waals surface area contributed by atoms with Gasteiger partial charge in [0.25, 0.3) is 5.91 Å². The second-order valence-electron chi connectivity index (χ2n) is 9.05. The van der Waals surface area contributed by atoms with E-state index in [4.69, 9.17) is 4.98 Å². The fourth-order valence-electron chi connectivity index (χ4n) is 4.60. The van der Waals surface area contributed by atoms with Gasteiger partial charge in [0.15, 0.2) is 0 Å². The normalized spacial score (nSPS) is 14.1. The van der Waals surface area contributed by atoms with E-state index in [1.54, 1.807) is 0 Å².